The summed E-state index contributed by atoms with van der Waals surface area (Å²) < 4.78 is 0. The third kappa shape index (κ3) is 3.89. The van der Waals surface area contributed by atoms with Crippen molar-refractivity contribution in [1.29, 1.82) is 5.39 Å². The van der Waals surface area contributed by atoms with Crippen LogP contribution in [0.25, 0.3) is 4.98 Å². The second-order valence-electron chi connectivity index (χ2n) is 1.88. The first-order valence-electron chi connectivity index (χ1n) is 2.78. The van der Waals surface area contributed by atoms with E-state index in [1.807, 2.05) is 0 Å². The van der Waals surface area contributed by atoms with Gasteiger partial charge in [-0.25, -0.2) is 0 Å². The van der Waals surface area contributed by atoms with Crippen LogP contribution >= 0.6 is 0 Å². The lowest BCUT2D eigenvalue weighted by Crippen LogP contribution is -2.30. The molecule has 6 heteroatoms. The molecule has 0 rings (SSSR count). The molecule has 0 amide bonds. The molecule has 0 heterocycles. The van der Waals surface area contributed by atoms with E-state index in [-0.39, 0.29) is 12.2 Å². The van der Waals surface area contributed by atoms with Crippen molar-refractivity contribution in [2.24, 2.45) is 5.73 Å². The quantitative estimate of drug-likeness (QED) is 0.396. The lowest BCUT2D eigenvalue weighted by molar-refractivity contribution is -0.138. The number of hydrogen-bond donors (Lipinski definition) is 3. The van der Waals surface area contributed by atoms with Gasteiger partial charge in [0.15, 0.2) is 10.7 Å². The number of carboxylic acid groups (broad SMARTS) is 1. The minimum atomic E-state index is -1.22. The van der Waals surface area contributed by atoms with Gasteiger partial charge in [0.25, 0.3) is 0 Å². The van der Waals surface area contributed by atoms with E-state index in [2.05, 4.69) is 4.98 Å². The largest absolute Gasteiger partial charge is 0.505 e. The summed E-state index contributed by atoms with van der Waals surface area (Å²) in [4.78, 5) is 12.6. The molecule has 0 saturated heterocycles. The van der Waals surface area contributed by atoms with Crippen LogP contribution in [0.15, 0.2) is 12.0 Å². The van der Waals surface area contributed by atoms with Crippen molar-refractivity contribution in [3.63, 3.8) is 0 Å². The fourth-order valence-electron chi connectivity index (χ4n) is 0.432. The first-order valence-corrected chi connectivity index (χ1v) is 2.78. The van der Waals surface area contributed by atoms with Crippen LogP contribution in [0.3, 0.4) is 0 Å². The molecule has 0 aliphatic heterocycles. The van der Waals surface area contributed by atoms with Crippen molar-refractivity contribution >= 4 is 5.97 Å². The van der Waals surface area contributed by atoms with Crippen LogP contribution in [0.4, 0.5) is 0 Å². The number of hydrogen-bond acceptors (Lipinski definition) is 4. The van der Waals surface area contributed by atoms with E-state index in [1.54, 1.807) is 0 Å². The van der Waals surface area contributed by atoms with Gasteiger partial charge < -0.3 is 15.9 Å². The van der Waals surface area contributed by atoms with Crippen LogP contribution in [0.2, 0.25) is 0 Å². The summed E-state index contributed by atoms with van der Waals surface area (Å²) in [6.45, 7) is 0. The smallest absolute Gasteiger partial charge is 0.387 e. The van der Waals surface area contributed by atoms with Gasteiger partial charge in [-0.15, -0.1) is 0 Å². The molecule has 0 aliphatic rings. The molecule has 0 spiro atoms. The zero-order valence-electron chi connectivity index (χ0n) is 5.64. The Morgan fingerprint density at radius 3 is 2.64 bits per heavy atom. The Hall–Kier alpha value is -1.61. The van der Waals surface area contributed by atoms with Crippen molar-refractivity contribution in [3.05, 3.63) is 16.9 Å². The molecule has 0 radical (unpaired) electrons. The molecule has 0 saturated carbocycles. The second kappa shape index (κ2) is 4.24. The molecule has 0 bridgehead atoms. The molecule has 0 aromatic heterocycles. The maximum Gasteiger partial charge on any atom is 0.387 e. The summed E-state index contributed by atoms with van der Waals surface area (Å²) >= 11 is 0. The van der Waals surface area contributed by atoms with Gasteiger partial charge in [0, 0.05) is 6.42 Å². The SMILES string of the molecule is N#[N+]/C=C(\O)C[C@H](N)C(=O)O. The van der Waals surface area contributed by atoms with E-state index in [0.29, 0.717) is 0 Å². The number of rotatable bonds is 3. The lowest BCUT2D eigenvalue weighted by Gasteiger charge is -2.00. The molecule has 0 fully saturated rings. The number of aliphatic hydroxyl groups is 1. The molecular weight excluding hydrogens is 150 g/mol. The van der Waals surface area contributed by atoms with Gasteiger partial charge >= 0.3 is 12.2 Å². The summed E-state index contributed by atoms with van der Waals surface area (Å²) in [7, 11) is 0. The van der Waals surface area contributed by atoms with Gasteiger partial charge in [0.2, 0.25) is 5.39 Å². The van der Waals surface area contributed by atoms with E-state index in [1.165, 1.54) is 0 Å². The molecular formula is C5H8N3O3+. The van der Waals surface area contributed by atoms with Gasteiger partial charge in [0.1, 0.15) is 6.04 Å². The van der Waals surface area contributed by atoms with Crippen LogP contribution in [-0.2, 0) is 4.79 Å². The van der Waals surface area contributed by atoms with Crippen LogP contribution < -0.4 is 5.73 Å². The molecule has 0 unspecified atom stereocenters. The normalized spacial score (nSPS) is 13.6. The minimum Gasteiger partial charge on any atom is -0.505 e. The van der Waals surface area contributed by atoms with Crippen molar-refractivity contribution in [1.82, 2.24) is 0 Å². The lowest BCUT2D eigenvalue weighted by atomic mass is 10.2. The first-order chi connectivity index (χ1) is 5.07. The van der Waals surface area contributed by atoms with Crippen molar-refractivity contribution < 1.29 is 15.0 Å². The standard InChI is InChI=1S/C5H7N3O3/c6-4(5(10)11)1-3(9)2-8-7/h2,4H,1,6H2,(H-,9,10,11)/p+1/b3-2-/t4-/m0/s1. The van der Waals surface area contributed by atoms with Gasteiger partial charge in [-0.1, -0.05) is 0 Å². The zero-order valence-corrected chi connectivity index (χ0v) is 5.64. The number of aliphatic hydroxyl groups excluding tert-OH is 1. The zero-order chi connectivity index (χ0) is 8.85. The Labute approximate surface area is 62.6 Å². The average Bonchev–Trinajstić information content (AvgIpc) is 1.87. The van der Waals surface area contributed by atoms with Crippen molar-refractivity contribution in [2.45, 2.75) is 12.5 Å². The predicted octanol–water partition coefficient (Wildman–Crippen LogP) is 0.0409. The third-order valence-electron chi connectivity index (χ3n) is 0.953. The Balaban J connectivity index is 3.97. The van der Waals surface area contributed by atoms with Gasteiger partial charge in [-0.2, -0.15) is 0 Å². The summed E-state index contributed by atoms with van der Waals surface area (Å²) in [5, 5.41) is 24.9. The molecule has 60 valence electrons. The van der Waals surface area contributed by atoms with Crippen LogP contribution in [-0.4, -0.2) is 22.2 Å². The molecule has 4 N–H and O–H groups in total. The number of diazo groups is 1. The predicted molar refractivity (Wildman–Crippen MR) is 36.0 cm³/mol. The van der Waals surface area contributed by atoms with E-state index in [4.69, 9.17) is 21.3 Å². The average molecular weight is 158 g/mol. The number of carboxylic acids is 1. The first kappa shape index (κ1) is 9.39. The summed E-state index contributed by atoms with van der Waals surface area (Å²) in [6.07, 6.45) is 0.474. The molecule has 0 aromatic carbocycles. The highest BCUT2D eigenvalue weighted by Gasteiger charge is 2.14. The van der Waals surface area contributed by atoms with Crippen LogP contribution in [0.1, 0.15) is 6.42 Å². The van der Waals surface area contributed by atoms with Crippen LogP contribution in [0.5, 0.6) is 0 Å². The van der Waals surface area contributed by atoms with E-state index in [9.17, 15) is 4.79 Å². The number of nitrogens with two attached hydrogens (primary N) is 1. The Morgan fingerprint density at radius 2 is 2.27 bits per heavy atom. The highest BCUT2D eigenvalue weighted by molar-refractivity contribution is 5.73. The molecule has 1 atom stereocenters. The summed E-state index contributed by atoms with van der Waals surface area (Å²) in [5.41, 5.74) is 5.02. The molecule has 0 aliphatic carbocycles. The van der Waals surface area contributed by atoms with Crippen molar-refractivity contribution in [3.8, 4) is 0 Å². The third-order valence-corrected chi connectivity index (χ3v) is 0.953. The van der Waals surface area contributed by atoms with E-state index in [0.717, 1.165) is 6.20 Å². The topological polar surface area (TPSA) is 112 Å². The maximum absolute atomic E-state index is 10.1. The monoisotopic (exact) mass is 158 g/mol. The minimum absolute atomic E-state index is 0.251. The summed E-state index contributed by atoms with van der Waals surface area (Å²) in [6, 6.07) is -1.17. The summed E-state index contributed by atoms with van der Waals surface area (Å²) in [5.74, 6) is -1.59. The van der Waals surface area contributed by atoms with Crippen molar-refractivity contribution in [2.75, 3.05) is 0 Å². The second-order valence-corrected chi connectivity index (χ2v) is 1.88. The highest BCUT2D eigenvalue weighted by atomic mass is 16.4. The van der Waals surface area contributed by atoms with Gasteiger partial charge in [0.05, 0.1) is 0 Å². The molecule has 11 heavy (non-hydrogen) atoms. The Morgan fingerprint density at radius 1 is 1.73 bits per heavy atom. The van der Waals surface area contributed by atoms with Gasteiger partial charge in [-0.3, -0.25) is 4.79 Å². The fraction of sp³-hybridized carbons (Fsp3) is 0.400. The van der Waals surface area contributed by atoms with E-state index >= 15 is 0 Å². The van der Waals surface area contributed by atoms with E-state index < -0.39 is 12.0 Å². The maximum atomic E-state index is 10.1. The number of aliphatic carboxylic acids is 1. The highest BCUT2D eigenvalue weighted by Crippen LogP contribution is 1.99. The Kier molecular flexibility index (Phi) is 3.62. The molecule has 6 nitrogen and oxygen atoms in total. The fourth-order valence-corrected chi connectivity index (χ4v) is 0.432. The number of carbonyl (C=O) groups is 1. The number of nitrogens with zero attached hydrogens (tertiary/aromatic N) is 2. The van der Waals surface area contributed by atoms with Crippen LogP contribution in [0, 0.1) is 5.39 Å². The Bertz CT molecular complexity index is 218. The van der Waals surface area contributed by atoms with Gasteiger partial charge in [-0.05, 0) is 0 Å². The molecule has 0 aromatic rings.